The number of benzene rings is 21. The van der Waals surface area contributed by atoms with Crippen molar-refractivity contribution in [3.8, 4) is 33.6 Å². The van der Waals surface area contributed by atoms with Gasteiger partial charge in [-0.15, -0.1) is 0 Å². The summed E-state index contributed by atoms with van der Waals surface area (Å²) in [6.07, 6.45) is 0. The molecule has 0 saturated carbocycles. The van der Waals surface area contributed by atoms with Gasteiger partial charge >= 0.3 is 7.12 Å². The van der Waals surface area contributed by atoms with Gasteiger partial charge in [0.2, 0.25) is 0 Å². The highest BCUT2D eigenvalue weighted by Gasteiger charge is 2.24. The van der Waals surface area contributed by atoms with E-state index in [0.29, 0.717) is 5.46 Å². The van der Waals surface area contributed by atoms with E-state index in [1.54, 1.807) is 0 Å². The molecule has 0 radical (unpaired) electrons. The number of nitrogens with zero attached hydrogens (tertiary/aromatic N) is 2. The largest absolute Gasteiger partial charge is 0.489 e. The zero-order chi connectivity index (χ0) is 72.5. The van der Waals surface area contributed by atoms with Gasteiger partial charge in [0, 0.05) is 41.9 Å². The summed E-state index contributed by atoms with van der Waals surface area (Å²) in [5.41, 5.74) is 12.6. The molecule has 21 aromatic carbocycles. The summed E-state index contributed by atoms with van der Waals surface area (Å²) in [6, 6.07) is 134. The predicted molar refractivity (Wildman–Crippen MR) is 474 cm³/mol. The summed E-state index contributed by atoms with van der Waals surface area (Å²) in [5, 5.41) is 54.3. The van der Waals surface area contributed by atoms with Gasteiger partial charge in [0.15, 0.2) is 0 Å². The third-order valence-electron chi connectivity index (χ3n) is 22.7. The average molecular weight is 1520 g/mol. The molecule has 7 heteroatoms. The monoisotopic (exact) mass is 1520 g/mol. The molecule has 2 heterocycles. The minimum Gasteiger partial charge on any atom is -0.423 e. The van der Waals surface area contributed by atoms with Crippen LogP contribution in [0, 0.1) is 0 Å². The Morgan fingerprint density at radius 3 is 0.761 bits per heavy atom. The molecule has 0 bridgehead atoms. The first-order valence-electron chi connectivity index (χ1n) is 37.0. The fraction of sp³-hybridized carbons (Fsp3) is 0. The fourth-order valence-electron chi connectivity index (χ4n) is 18.1. The quantitative estimate of drug-likeness (QED) is 0.133. The van der Waals surface area contributed by atoms with Crippen molar-refractivity contribution in [3.05, 3.63) is 379 Å². The van der Waals surface area contributed by atoms with Crippen LogP contribution in [-0.4, -0.2) is 26.3 Å². The standard InChI is InChI=1S/C62H37N.C22H15BO2.C18H11Br2N/c1-2-16-40(17-3-1)63-59-32-30-38(53-36-57-45-22-6-4-18-41(45)43-20-8-12-26-49(43)61(57)51-28-14-10-24-47(51)53)34-55(59)56-35-39(31-33-60(56)63)54-37-58-46-23-7-5-19-42(46)44-21-9-13-27-50(44)62(58)52-29-15-11-25-48(52)54;24-23(25)21-13-20-16-9-2-1-7-14(16)15-8-3-5-11-18(15)22(20)19-12-6-4-10-17(19)21;19-12-6-8-17-15(10-12)16-11-13(20)7-9-18(16)21(17)14-4-2-1-3-5-14/h1-37H;1-13,24-25H;1-11H. The van der Waals surface area contributed by atoms with E-state index in [9.17, 15) is 10.0 Å². The van der Waals surface area contributed by atoms with E-state index in [2.05, 4.69) is 369 Å². The van der Waals surface area contributed by atoms with Crippen LogP contribution in [0.25, 0.3) is 207 Å². The second kappa shape index (κ2) is 26.1. The highest BCUT2D eigenvalue weighted by atomic mass is 79.9. The van der Waals surface area contributed by atoms with Gasteiger partial charge in [0.1, 0.15) is 0 Å². The van der Waals surface area contributed by atoms with Gasteiger partial charge in [-0.1, -0.05) is 305 Å². The van der Waals surface area contributed by atoms with E-state index in [1.807, 2.05) is 42.5 Å². The van der Waals surface area contributed by atoms with Gasteiger partial charge < -0.3 is 19.2 Å². The van der Waals surface area contributed by atoms with Crippen molar-refractivity contribution < 1.29 is 10.0 Å². The van der Waals surface area contributed by atoms with Gasteiger partial charge in [-0.05, 0) is 254 Å². The second-order valence-electron chi connectivity index (χ2n) is 28.5. The number of halogens is 2. The molecule has 109 heavy (non-hydrogen) atoms. The Morgan fingerprint density at radius 2 is 0.431 bits per heavy atom. The number of rotatable bonds is 5. The molecule has 0 aliphatic rings. The Bertz CT molecular complexity index is 7430. The highest BCUT2D eigenvalue weighted by molar-refractivity contribution is 9.10. The number of hydrogen-bond acceptors (Lipinski definition) is 2. The van der Waals surface area contributed by atoms with Crippen LogP contribution in [0.5, 0.6) is 0 Å². The minimum atomic E-state index is -1.50. The summed E-state index contributed by atoms with van der Waals surface area (Å²) in [4.78, 5) is 0. The zero-order valence-electron chi connectivity index (χ0n) is 58.8. The second-order valence-corrected chi connectivity index (χ2v) is 30.3. The summed E-state index contributed by atoms with van der Waals surface area (Å²) in [5.74, 6) is 0. The lowest BCUT2D eigenvalue weighted by atomic mass is 9.75. The van der Waals surface area contributed by atoms with Crippen LogP contribution in [-0.2, 0) is 0 Å². The van der Waals surface area contributed by atoms with E-state index in [4.69, 9.17) is 0 Å². The molecule has 0 fully saturated rings. The molecule has 4 nitrogen and oxygen atoms in total. The molecule has 2 N–H and O–H groups in total. The van der Waals surface area contributed by atoms with E-state index < -0.39 is 7.12 Å². The molecule has 0 aliphatic heterocycles. The lowest BCUT2D eigenvalue weighted by Crippen LogP contribution is -2.30. The van der Waals surface area contributed by atoms with Crippen LogP contribution in [0.1, 0.15) is 0 Å². The van der Waals surface area contributed by atoms with E-state index in [0.717, 1.165) is 41.6 Å². The number of fused-ring (bicyclic) bond motifs is 30. The van der Waals surface area contributed by atoms with E-state index in [1.165, 1.54) is 174 Å². The van der Waals surface area contributed by atoms with Gasteiger partial charge in [0.05, 0.1) is 22.1 Å². The number of aromatic nitrogens is 2. The van der Waals surface area contributed by atoms with Crippen molar-refractivity contribution in [2.24, 2.45) is 0 Å². The molecule has 0 saturated heterocycles. The first kappa shape index (κ1) is 64.6. The Hall–Kier alpha value is -12.7. The lowest BCUT2D eigenvalue weighted by Gasteiger charge is -2.16. The average Bonchev–Trinajstić information content (AvgIpc) is 1.59. The first-order valence-corrected chi connectivity index (χ1v) is 38.6. The molecular formula is C102H63BBr2N2O2. The zero-order valence-corrected chi connectivity index (χ0v) is 62.0. The Morgan fingerprint density at radius 1 is 0.193 bits per heavy atom. The van der Waals surface area contributed by atoms with Crippen molar-refractivity contribution >= 4 is 217 Å². The smallest absolute Gasteiger partial charge is 0.423 e. The van der Waals surface area contributed by atoms with Crippen LogP contribution in [0.2, 0.25) is 0 Å². The maximum Gasteiger partial charge on any atom is 0.489 e. The van der Waals surface area contributed by atoms with E-state index in [-0.39, 0.29) is 0 Å². The van der Waals surface area contributed by atoms with Crippen molar-refractivity contribution in [1.82, 2.24) is 9.13 Å². The maximum absolute atomic E-state index is 9.92. The molecule has 0 amide bonds. The first-order chi connectivity index (χ1) is 53.8. The molecule has 0 unspecified atom stereocenters. The van der Waals surface area contributed by atoms with Crippen LogP contribution in [0.3, 0.4) is 0 Å². The van der Waals surface area contributed by atoms with Crippen molar-refractivity contribution in [2.75, 3.05) is 0 Å². The van der Waals surface area contributed by atoms with Crippen molar-refractivity contribution in [2.45, 2.75) is 0 Å². The Kier molecular flexibility index (Phi) is 15.5. The van der Waals surface area contributed by atoms with Crippen LogP contribution >= 0.6 is 31.9 Å². The summed E-state index contributed by atoms with van der Waals surface area (Å²) >= 11 is 7.16. The molecule has 0 atom stereocenters. The van der Waals surface area contributed by atoms with Crippen LogP contribution in [0.4, 0.5) is 0 Å². The summed E-state index contributed by atoms with van der Waals surface area (Å²) < 4.78 is 6.95. The molecule has 0 spiro atoms. The van der Waals surface area contributed by atoms with Crippen molar-refractivity contribution in [1.29, 1.82) is 0 Å². The SMILES string of the molecule is Brc1ccc2c(c1)c1cc(Br)ccc1n2-c1ccccc1.OB(O)c1cc2c3ccccc3c3ccccc3c2c2ccccc12.c1ccc(-n2c3ccc(-c4cc5c6ccccc6c6ccccc6c5c5ccccc45)cc3c3cc(-c4cc5c6ccccc6c6ccccc6c5c5ccccc45)ccc32)cc1. The fourth-order valence-corrected chi connectivity index (χ4v) is 18.8. The normalized spacial score (nSPS) is 11.9. The van der Waals surface area contributed by atoms with Gasteiger partial charge in [-0.25, -0.2) is 0 Å². The molecule has 2 aromatic heterocycles. The topological polar surface area (TPSA) is 50.3 Å². The molecule has 23 aromatic rings. The number of para-hydroxylation sites is 2. The summed E-state index contributed by atoms with van der Waals surface area (Å²) in [6.45, 7) is 0. The number of hydrogen-bond donors (Lipinski definition) is 2. The van der Waals surface area contributed by atoms with Crippen molar-refractivity contribution in [3.63, 3.8) is 0 Å². The third kappa shape index (κ3) is 10.4. The summed E-state index contributed by atoms with van der Waals surface area (Å²) in [7, 11) is -1.50. The van der Waals surface area contributed by atoms with Gasteiger partial charge in [-0.3, -0.25) is 0 Å². The molecule has 23 rings (SSSR count). The van der Waals surface area contributed by atoms with Gasteiger partial charge in [0.25, 0.3) is 0 Å². The molecule has 510 valence electrons. The van der Waals surface area contributed by atoms with E-state index >= 15 is 0 Å². The molecule has 0 aliphatic carbocycles. The minimum absolute atomic E-state index is 0.545. The maximum atomic E-state index is 9.92. The van der Waals surface area contributed by atoms with Crippen LogP contribution < -0.4 is 5.46 Å². The highest BCUT2D eigenvalue weighted by Crippen LogP contribution is 2.48. The lowest BCUT2D eigenvalue weighted by molar-refractivity contribution is 0.426. The van der Waals surface area contributed by atoms with Crippen LogP contribution in [0.15, 0.2) is 379 Å². The Balaban J connectivity index is 0.000000133. The van der Waals surface area contributed by atoms with Gasteiger partial charge in [-0.2, -0.15) is 0 Å². The third-order valence-corrected chi connectivity index (χ3v) is 23.6. The molecular weight excluding hydrogens is 1460 g/mol. The predicted octanol–water partition coefficient (Wildman–Crippen LogP) is 27.6. The Labute approximate surface area is 644 Å².